The highest BCUT2D eigenvalue weighted by Crippen LogP contribution is 2.37. The lowest BCUT2D eigenvalue weighted by atomic mass is 9.76. The molecule has 2 aliphatic heterocycles. The minimum Gasteiger partial charge on any atom is -0.493 e. The van der Waals surface area contributed by atoms with E-state index >= 15 is 0 Å². The summed E-state index contributed by atoms with van der Waals surface area (Å²) in [5.74, 6) is 0.974. The standard InChI is InChI=1S/C30H31ClO7S/c31-28-15-26(38-17-22-11-13-39(34,35)18-22)8-9-27(28)23-3-1-2-21(14-23)10-12-37-25-6-4-24(5-7-25)30(16-29(32)33)19-36-20-30/h1-9,14-15,22H,10-13,16-20H2,(H,32,33). The van der Waals surface area contributed by atoms with Crippen LogP contribution >= 0.6 is 11.6 Å². The Morgan fingerprint density at radius 1 is 1.03 bits per heavy atom. The zero-order valence-corrected chi connectivity index (χ0v) is 23.0. The maximum absolute atomic E-state index is 11.7. The molecule has 0 radical (unpaired) electrons. The van der Waals surface area contributed by atoms with Crippen LogP contribution in [0.1, 0.15) is 24.0 Å². The number of rotatable bonds is 11. The van der Waals surface area contributed by atoms with Gasteiger partial charge in [-0.3, -0.25) is 4.79 Å². The minimum atomic E-state index is -2.92. The molecule has 2 fully saturated rings. The SMILES string of the molecule is O=C(O)CC1(c2ccc(OCCc3cccc(-c4ccc(OCC5CCS(=O)(=O)C5)cc4Cl)c3)cc2)COC1. The first kappa shape index (κ1) is 27.5. The normalized spacial score (nSPS) is 19.3. The summed E-state index contributed by atoms with van der Waals surface area (Å²) < 4.78 is 40.4. The summed E-state index contributed by atoms with van der Waals surface area (Å²) >= 11 is 6.59. The predicted octanol–water partition coefficient (Wildman–Crippen LogP) is 5.18. The van der Waals surface area contributed by atoms with Crippen LogP contribution in [-0.2, 0) is 31.2 Å². The van der Waals surface area contributed by atoms with Gasteiger partial charge in [0.25, 0.3) is 0 Å². The molecule has 0 bridgehead atoms. The number of carboxylic acid groups (broad SMARTS) is 1. The second kappa shape index (κ2) is 11.6. The number of carbonyl (C=O) groups is 1. The van der Waals surface area contributed by atoms with Gasteiger partial charge in [0, 0.05) is 17.9 Å². The average Bonchev–Trinajstić information content (AvgIpc) is 3.24. The summed E-state index contributed by atoms with van der Waals surface area (Å²) in [6.07, 6.45) is 1.39. The third-order valence-electron chi connectivity index (χ3n) is 7.36. The first-order chi connectivity index (χ1) is 18.7. The first-order valence-corrected chi connectivity index (χ1v) is 15.2. The molecular formula is C30H31ClO7S. The lowest BCUT2D eigenvalue weighted by Gasteiger charge is -2.40. The zero-order chi connectivity index (χ0) is 27.5. The van der Waals surface area contributed by atoms with Crippen molar-refractivity contribution in [3.8, 4) is 22.6 Å². The number of sulfone groups is 1. The quantitative estimate of drug-likeness (QED) is 0.339. The number of hydrogen-bond acceptors (Lipinski definition) is 6. The van der Waals surface area contributed by atoms with Crippen LogP contribution in [0.2, 0.25) is 5.02 Å². The van der Waals surface area contributed by atoms with Crippen LogP contribution in [0.4, 0.5) is 0 Å². The van der Waals surface area contributed by atoms with Crippen molar-refractivity contribution < 1.29 is 32.5 Å². The second-order valence-corrected chi connectivity index (χ2v) is 13.0. The van der Waals surface area contributed by atoms with E-state index in [2.05, 4.69) is 6.07 Å². The number of benzene rings is 3. The van der Waals surface area contributed by atoms with Gasteiger partial charge in [0.05, 0.1) is 54.8 Å². The summed E-state index contributed by atoms with van der Waals surface area (Å²) in [6, 6.07) is 21.3. The van der Waals surface area contributed by atoms with Gasteiger partial charge in [0.2, 0.25) is 0 Å². The van der Waals surface area contributed by atoms with E-state index in [0.29, 0.717) is 50.0 Å². The van der Waals surface area contributed by atoms with Gasteiger partial charge in [-0.05, 0) is 53.4 Å². The molecule has 39 heavy (non-hydrogen) atoms. The van der Waals surface area contributed by atoms with Gasteiger partial charge < -0.3 is 19.3 Å². The van der Waals surface area contributed by atoms with Crippen LogP contribution in [0, 0.1) is 5.92 Å². The topological polar surface area (TPSA) is 99.1 Å². The molecule has 0 saturated carbocycles. The third kappa shape index (κ3) is 6.75. The van der Waals surface area contributed by atoms with Gasteiger partial charge in [-0.25, -0.2) is 8.42 Å². The Morgan fingerprint density at radius 3 is 2.44 bits per heavy atom. The van der Waals surface area contributed by atoms with Gasteiger partial charge >= 0.3 is 5.97 Å². The molecule has 2 aliphatic rings. The van der Waals surface area contributed by atoms with Crippen LogP contribution in [0.15, 0.2) is 66.7 Å². The molecule has 0 aliphatic carbocycles. The summed E-state index contributed by atoms with van der Waals surface area (Å²) in [7, 11) is -2.92. The Hall–Kier alpha value is -3.07. The number of ether oxygens (including phenoxy) is 3. The molecule has 1 unspecified atom stereocenters. The molecule has 206 valence electrons. The van der Waals surface area contributed by atoms with Crippen molar-refractivity contribution in [1.29, 1.82) is 0 Å². The van der Waals surface area contributed by atoms with Crippen LogP contribution in [0.5, 0.6) is 11.5 Å². The lowest BCUT2D eigenvalue weighted by Crippen LogP contribution is -2.48. The second-order valence-electron chi connectivity index (χ2n) is 10.4. The van der Waals surface area contributed by atoms with Crippen molar-refractivity contribution in [3.05, 3.63) is 82.9 Å². The summed E-state index contributed by atoms with van der Waals surface area (Å²) in [6.45, 7) is 1.69. The molecule has 9 heteroatoms. The highest BCUT2D eigenvalue weighted by atomic mass is 35.5. The van der Waals surface area contributed by atoms with Crippen LogP contribution in [-0.4, -0.2) is 57.4 Å². The maximum atomic E-state index is 11.7. The smallest absolute Gasteiger partial charge is 0.304 e. The van der Waals surface area contributed by atoms with Crippen molar-refractivity contribution in [3.63, 3.8) is 0 Å². The average molecular weight is 571 g/mol. The molecule has 0 amide bonds. The maximum Gasteiger partial charge on any atom is 0.304 e. The third-order valence-corrected chi connectivity index (χ3v) is 9.51. The fraction of sp³-hybridized carbons (Fsp3) is 0.367. The molecule has 1 atom stereocenters. The van der Waals surface area contributed by atoms with E-state index in [4.69, 9.17) is 25.8 Å². The molecule has 3 aromatic carbocycles. The molecule has 5 rings (SSSR count). The van der Waals surface area contributed by atoms with Gasteiger partial charge in [-0.1, -0.05) is 48.0 Å². The Bertz CT molecular complexity index is 1430. The van der Waals surface area contributed by atoms with Crippen molar-refractivity contribution in [2.75, 3.05) is 37.9 Å². The fourth-order valence-corrected chi connectivity index (χ4v) is 7.25. The van der Waals surface area contributed by atoms with Crippen LogP contribution < -0.4 is 9.47 Å². The van der Waals surface area contributed by atoms with Crippen molar-refractivity contribution in [1.82, 2.24) is 0 Å². The van der Waals surface area contributed by atoms with E-state index in [1.165, 1.54) is 0 Å². The van der Waals surface area contributed by atoms with Gasteiger partial charge in [-0.2, -0.15) is 0 Å². The number of aliphatic carboxylic acids is 1. The predicted molar refractivity (Wildman–Crippen MR) is 150 cm³/mol. The van der Waals surface area contributed by atoms with Gasteiger partial charge in [0.1, 0.15) is 11.5 Å². The van der Waals surface area contributed by atoms with E-state index in [9.17, 15) is 18.3 Å². The largest absolute Gasteiger partial charge is 0.493 e. The van der Waals surface area contributed by atoms with Crippen LogP contribution in [0.25, 0.3) is 11.1 Å². The molecule has 7 nitrogen and oxygen atoms in total. The Balaban J connectivity index is 1.15. The van der Waals surface area contributed by atoms with Gasteiger partial charge in [-0.15, -0.1) is 0 Å². The molecule has 3 aromatic rings. The molecule has 0 aromatic heterocycles. The monoisotopic (exact) mass is 570 g/mol. The van der Waals surface area contributed by atoms with Crippen LogP contribution in [0.3, 0.4) is 0 Å². The zero-order valence-electron chi connectivity index (χ0n) is 21.5. The van der Waals surface area contributed by atoms with E-state index < -0.39 is 21.2 Å². The van der Waals surface area contributed by atoms with E-state index in [1.807, 2.05) is 54.6 Å². The molecule has 2 heterocycles. The Kier molecular flexibility index (Phi) is 8.16. The Labute approximate surface area is 233 Å². The number of halogens is 1. The summed E-state index contributed by atoms with van der Waals surface area (Å²) in [4.78, 5) is 11.3. The van der Waals surface area contributed by atoms with E-state index in [1.54, 1.807) is 6.07 Å². The highest BCUT2D eigenvalue weighted by molar-refractivity contribution is 7.91. The van der Waals surface area contributed by atoms with E-state index in [0.717, 1.165) is 28.0 Å². The van der Waals surface area contributed by atoms with Crippen molar-refractivity contribution in [2.24, 2.45) is 5.92 Å². The minimum absolute atomic E-state index is 0.0243. The Morgan fingerprint density at radius 2 is 1.79 bits per heavy atom. The van der Waals surface area contributed by atoms with Crippen molar-refractivity contribution >= 4 is 27.4 Å². The molecule has 2 saturated heterocycles. The fourth-order valence-electron chi connectivity index (χ4n) is 5.13. The van der Waals surface area contributed by atoms with Crippen molar-refractivity contribution in [2.45, 2.75) is 24.7 Å². The number of carboxylic acids is 1. The summed E-state index contributed by atoms with van der Waals surface area (Å²) in [5, 5.41) is 9.80. The molecular weight excluding hydrogens is 540 g/mol. The lowest BCUT2D eigenvalue weighted by molar-refractivity contribution is -0.145. The highest BCUT2D eigenvalue weighted by Gasteiger charge is 2.42. The summed E-state index contributed by atoms with van der Waals surface area (Å²) in [5.41, 5.74) is 3.49. The molecule has 1 N–H and O–H groups in total. The number of hydrogen-bond donors (Lipinski definition) is 1. The first-order valence-electron chi connectivity index (χ1n) is 13.0. The molecule has 0 spiro atoms. The van der Waals surface area contributed by atoms with Gasteiger partial charge in [0.15, 0.2) is 9.84 Å². The van der Waals surface area contributed by atoms with E-state index in [-0.39, 0.29) is 23.8 Å².